The lowest BCUT2D eigenvalue weighted by atomic mass is 10.2. The standard InChI is InChI=1S/C15H10Br2N2O4S/c16-7-12-13(15(20)21)11-6-9(17)8-18-14(11)19(12)24(22,23)10-4-2-1-3-5-10/h1-6,8H,7H2,(H,20,21). The van der Waals surface area contributed by atoms with Crippen molar-refractivity contribution in [1.82, 2.24) is 8.96 Å². The summed E-state index contributed by atoms with van der Waals surface area (Å²) in [6.07, 6.45) is 1.43. The molecule has 1 N–H and O–H groups in total. The summed E-state index contributed by atoms with van der Waals surface area (Å²) in [5, 5.41) is 9.87. The van der Waals surface area contributed by atoms with Crippen molar-refractivity contribution in [2.75, 3.05) is 0 Å². The first-order chi connectivity index (χ1) is 11.4. The van der Waals surface area contributed by atoms with Crippen LogP contribution >= 0.6 is 31.9 Å². The van der Waals surface area contributed by atoms with Crippen LogP contribution in [0, 0.1) is 0 Å². The number of nitrogens with zero attached hydrogens (tertiary/aromatic N) is 2. The van der Waals surface area contributed by atoms with Gasteiger partial charge in [0.05, 0.1) is 16.2 Å². The van der Waals surface area contributed by atoms with Gasteiger partial charge in [0.15, 0.2) is 5.65 Å². The van der Waals surface area contributed by atoms with Crippen LogP contribution in [-0.2, 0) is 15.4 Å². The van der Waals surface area contributed by atoms with Crippen LogP contribution in [0.3, 0.4) is 0 Å². The lowest BCUT2D eigenvalue weighted by molar-refractivity contribution is 0.0698. The molecule has 0 aliphatic rings. The van der Waals surface area contributed by atoms with Gasteiger partial charge in [-0.1, -0.05) is 34.1 Å². The molecule has 2 heterocycles. The van der Waals surface area contributed by atoms with Crippen molar-refractivity contribution in [2.45, 2.75) is 10.2 Å². The molecule has 9 heteroatoms. The molecule has 2 aromatic heterocycles. The number of pyridine rings is 1. The highest BCUT2D eigenvalue weighted by atomic mass is 79.9. The number of alkyl halides is 1. The molecular weight excluding hydrogens is 464 g/mol. The van der Waals surface area contributed by atoms with E-state index in [4.69, 9.17) is 0 Å². The fourth-order valence-corrected chi connectivity index (χ4v) is 5.04. The molecule has 0 fully saturated rings. The molecule has 0 saturated heterocycles. The molecule has 0 radical (unpaired) electrons. The molecule has 3 aromatic rings. The molecule has 0 atom stereocenters. The Morgan fingerprint density at radius 1 is 1.25 bits per heavy atom. The van der Waals surface area contributed by atoms with Crippen molar-refractivity contribution in [3.63, 3.8) is 0 Å². The third-order valence-electron chi connectivity index (χ3n) is 3.45. The zero-order chi connectivity index (χ0) is 17.5. The zero-order valence-electron chi connectivity index (χ0n) is 12.0. The minimum atomic E-state index is -3.99. The Kier molecular flexibility index (Phi) is 4.50. The summed E-state index contributed by atoms with van der Waals surface area (Å²) in [7, 11) is -3.99. The highest BCUT2D eigenvalue weighted by Gasteiger charge is 2.30. The second kappa shape index (κ2) is 6.30. The number of aromatic nitrogens is 2. The summed E-state index contributed by atoms with van der Waals surface area (Å²) in [6.45, 7) is 0. The second-order valence-electron chi connectivity index (χ2n) is 4.87. The van der Waals surface area contributed by atoms with Gasteiger partial charge in [-0.15, -0.1) is 0 Å². The highest BCUT2D eigenvalue weighted by Crippen LogP contribution is 2.32. The van der Waals surface area contributed by atoms with Gasteiger partial charge < -0.3 is 5.11 Å². The van der Waals surface area contributed by atoms with Gasteiger partial charge in [-0.2, -0.15) is 0 Å². The van der Waals surface area contributed by atoms with Gasteiger partial charge in [-0.3, -0.25) is 0 Å². The van der Waals surface area contributed by atoms with Gasteiger partial charge in [0.25, 0.3) is 10.0 Å². The monoisotopic (exact) mass is 472 g/mol. The van der Waals surface area contributed by atoms with Crippen molar-refractivity contribution in [2.24, 2.45) is 0 Å². The van der Waals surface area contributed by atoms with E-state index >= 15 is 0 Å². The topological polar surface area (TPSA) is 89.3 Å². The van der Waals surface area contributed by atoms with Crippen molar-refractivity contribution in [3.8, 4) is 0 Å². The SMILES string of the molecule is O=C(O)c1c(CBr)n(S(=O)(=O)c2ccccc2)c2ncc(Br)cc12. The number of fused-ring (bicyclic) bond motifs is 1. The van der Waals surface area contributed by atoms with Crippen LogP contribution in [0.25, 0.3) is 11.0 Å². The fourth-order valence-electron chi connectivity index (χ4n) is 2.48. The summed E-state index contributed by atoms with van der Waals surface area (Å²) in [5.41, 5.74) is 0.107. The van der Waals surface area contributed by atoms with Crippen molar-refractivity contribution in [3.05, 3.63) is 58.3 Å². The first-order valence-electron chi connectivity index (χ1n) is 6.66. The predicted octanol–water partition coefficient (Wildman–Crippen LogP) is 3.63. The van der Waals surface area contributed by atoms with Crippen LogP contribution in [0.1, 0.15) is 16.1 Å². The first-order valence-corrected chi connectivity index (χ1v) is 10.0. The lowest BCUT2D eigenvalue weighted by Gasteiger charge is -2.10. The van der Waals surface area contributed by atoms with Gasteiger partial charge >= 0.3 is 5.97 Å². The largest absolute Gasteiger partial charge is 0.478 e. The molecule has 0 amide bonds. The second-order valence-corrected chi connectivity index (χ2v) is 8.13. The predicted molar refractivity (Wildman–Crippen MR) is 96.0 cm³/mol. The molecule has 0 aliphatic heterocycles. The molecule has 0 unspecified atom stereocenters. The molecule has 124 valence electrons. The van der Waals surface area contributed by atoms with E-state index in [0.717, 1.165) is 3.97 Å². The van der Waals surface area contributed by atoms with E-state index in [-0.39, 0.29) is 32.5 Å². The Morgan fingerprint density at radius 2 is 1.92 bits per heavy atom. The van der Waals surface area contributed by atoms with Crippen molar-refractivity contribution >= 4 is 58.9 Å². The number of hydrogen-bond acceptors (Lipinski definition) is 4. The quantitative estimate of drug-likeness (QED) is 0.584. The molecule has 6 nitrogen and oxygen atoms in total. The minimum Gasteiger partial charge on any atom is -0.478 e. The molecule has 0 aliphatic carbocycles. The van der Waals surface area contributed by atoms with Gasteiger partial charge in [-0.05, 0) is 34.1 Å². The van der Waals surface area contributed by atoms with Crippen molar-refractivity contribution < 1.29 is 18.3 Å². The normalized spacial score (nSPS) is 11.8. The lowest BCUT2D eigenvalue weighted by Crippen LogP contribution is -2.16. The van der Waals surface area contributed by atoms with E-state index in [1.54, 1.807) is 24.3 Å². The number of aromatic carboxylic acids is 1. The van der Waals surface area contributed by atoms with Gasteiger partial charge in [0.2, 0.25) is 0 Å². The molecule has 0 bridgehead atoms. The maximum absolute atomic E-state index is 13.0. The fraction of sp³-hybridized carbons (Fsp3) is 0.0667. The number of hydrogen-bond donors (Lipinski definition) is 1. The van der Waals surface area contributed by atoms with Gasteiger partial charge in [0, 0.05) is 21.4 Å². The number of carboxylic acid groups (broad SMARTS) is 1. The Bertz CT molecular complexity index is 1050. The molecule has 1 aromatic carbocycles. The van der Waals surface area contributed by atoms with Gasteiger partial charge in [-0.25, -0.2) is 22.2 Å². The summed E-state index contributed by atoms with van der Waals surface area (Å²) in [4.78, 5) is 15.9. The van der Waals surface area contributed by atoms with Crippen LogP contribution in [0.15, 0.2) is 52.0 Å². The maximum atomic E-state index is 13.0. The molecule has 0 spiro atoms. The Morgan fingerprint density at radius 3 is 2.50 bits per heavy atom. The van der Waals surface area contributed by atoms with E-state index in [2.05, 4.69) is 36.8 Å². The van der Waals surface area contributed by atoms with Crippen LogP contribution in [-0.4, -0.2) is 28.5 Å². The number of rotatable bonds is 4. The first kappa shape index (κ1) is 17.1. The summed E-state index contributed by atoms with van der Waals surface area (Å²) in [5.74, 6) is -1.21. The Hall–Kier alpha value is -1.71. The van der Waals surface area contributed by atoms with E-state index in [9.17, 15) is 18.3 Å². The van der Waals surface area contributed by atoms with Crippen LogP contribution in [0.2, 0.25) is 0 Å². The third kappa shape index (κ3) is 2.66. The number of benzene rings is 1. The maximum Gasteiger partial charge on any atom is 0.338 e. The van der Waals surface area contributed by atoms with E-state index in [1.165, 1.54) is 18.3 Å². The Labute approximate surface area is 154 Å². The van der Waals surface area contributed by atoms with E-state index in [0.29, 0.717) is 4.47 Å². The number of carboxylic acids is 1. The Balaban J connectivity index is 2.47. The molecule has 3 rings (SSSR count). The molecular formula is C15H10Br2N2O4S. The zero-order valence-corrected chi connectivity index (χ0v) is 16.0. The minimum absolute atomic E-state index is 0.0503. The molecule has 24 heavy (non-hydrogen) atoms. The highest BCUT2D eigenvalue weighted by molar-refractivity contribution is 9.10. The van der Waals surface area contributed by atoms with Crippen LogP contribution in [0.5, 0.6) is 0 Å². The summed E-state index contributed by atoms with van der Waals surface area (Å²) < 4.78 is 27.6. The summed E-state index contributed by atoms with van der Waals surface area (Å²) >= 11 is 6.44. The average Bonchev–Trinajstić information content (AvgIpc) is 2.89. The average molecular weight is 474 g/mol. The third-order valence-corrected chi connectivity index (χ3v) is 6.16. The van der Waals surface area contributed by atoms with Crippen molar-refractivity contribution in [1.29, 1.82) is 0 Å². The van der Waals surface area contributed by atoms with Crippen LogP contribution in [0.4, 0.5) is 0 Å². The van der Waals surface area contributed by atoms with Crippen LogP contribution < -0.4 is 0 Å². The smallest absolute Gasteiger partial charge is 0.338 e. The number of halogens is 2. The molecule has 0 saturated carbocycles. The van der Waals surface area contributed by atoms with Gasteiger partial charge in [0.1, 0.15) is 0 Å². The summed E-state index contributed by atoms with van der Waals surface area (Å²) in [6, 6.07) is 9.38. The number of carbonyl (C=O) groups is 1. The van der Waals surface area contributed by atoms with E-state index < -0.39 is 16.0 Å². The van der Waals surface area contributed by atoms with E-state index in [1.807, 2.05) is 0 Å².